The molecule has 0 unspecified atom stereocenters. The van der Waals surface area contributed by atoms with Gasteiger partial charge in [-0.2, -0.15) is 0 Å². The first kappa shape index (κ1) is 17.5. The van der Waals surface area contributed by atoms with Crippen molar-refractivity contribution in [2.75, 3.05) is 0 Å². The molecule has 3 nitrogen and oxygen atoms in total. The number of carbonyl (C=O) groups is 1. The van der Waals surface area contributed by atoms with Crippen molar-refractivity contribution in [3.63, 3.8) is 0 Å². The number of amides is 1. The third kappa shape index (κ3) is 4.04. The molecule has 1 heterocycles. The Balaban J connectivity index is 1.95. The van der Waals surface area contributed by atoms with Gasteiger partial charge >= 0.3 is 0 Å². The topological polar surface area (TPSA) is 44.9 Å². The van der Waals surface area contributed by atoms with Gasteiger partial charge in [-0.05, 0) is 31.5 Å². The van der Waals surface area contributed by atoms with Gasteiger partial charge in [0.25, 0.3) is 0 Å². The summed E-state index contributed by atoms with van der Waals surface area (Å²) in [7, 11) is 0. The molecule has 1 aromatic heterocycles. The number of aromatic amines is 1. The van der Waals surface area contributed by atoms with Gasteiger partial charge in [-0.15, -0.1) is 0 Å². The van der Waals surface area contributed by atoms with Gasteiger partial charge in [-0.1, -0.05) is 49.0 Å². The second kappa shape index (κ2) is 7.74. The summed E-state index contributed by atoms with van der Waals surface area (Å²) < 4.78 is 14.0. The zero-order chi connectivity index (χ0) is 17.8. The van der Waals surface area contributed by atoms with E-state index in [0.717, 1.165) is 27.9 Å². The first-order valence-electron chi connectivity index (χ1n) is 8.39. The van der Waals surface area contributed by atoms with Crippen molar-refractivity contribution in [3.8, 4) is 0 Å². The van der Waals surface area contributed by atoms with Gasteiger partial charge in [0.15, 0.2) is 0 Å². The number of halogens is 1. The molecule has 2 aromatic carbocycles. The molecule has 0 saturated carbocycles. The minimum Gasteiger partial charge on any atom is -0.353 e. The summed E-state index contributed by atoms with van der Waals surface area (Å²) in [5, 5.41) is 4.81. The van der Waals surface area contributed by atoms with Gasteiger partial charge in [-0.3, -0.25) is 4.79 Å². The van der Waals surface area contributed by atoms with Crippen LogP contribution in [0.5, 0.6) is 0 Å². The molecule has 130 valence electrons. The number of carbonyl (C=O) groups excluding carboxylic acids is 1. The van der Waals surface area contributed by atoms with E-state index in [1.54, 1.807) is 12.1 Å². The largest absolute Gasteiger partial charge is 0.353 e. The van der Waals surface area contributed by atoms with Crippen LogP contribution in [-0.2, 0) is 11.2 Å². The maximum atomic E-state index is 14.0. The van der Waals surface area contributed by atoms with Gasteiger partial charge < -0.3 is 10.3 Å². The second-order valence-electron chi connectivity index (χ2n) is 6.06. The van der Waals surface area contributed by atoms with Crippen molar-refractivity contribution in [1.29, 1.82) is 0 Å². The van der Waals surface area contributed by atoms with Crippen LogP contribution in [0.25, 0.3) is 10.9 Å². The van der Waals surface area contributed by atoms with Gasteiger partial charge in [0, 0.05) is 27.4 Å². The van der Waals surface area contributed by atoms with Crippen LogP contribution < -0.4 is 5.32 Å². The van der Waals surface area contributed by atoms with E-state index < -0.39 is 0 Å². The van der Waals surface area contributed by atoms with Crippen LogP contribution >= 0.6 is 11.8 Å². The van der Waals surface area contributed by atoms with E-state index in [0.29, 0.717) is 4.90 Å². The van der Waals surface area contributed by atoms with Crippen molar-refractivity contribution < 1.29 is 9.18 Å². The highest BCUT2D eigenvalue weighted by Crippen LogP contribution is 2.35. The highest BCUT2D eigenvalue weighted by Gasteiger charge is 2.17. The first-order chi connectivity index (χ1) is 12.1. The van der Waals surface area contributed by atoms with Crippen molar-refractivity contribution in [2.24, 2.45) is 0 Å². The number of para-hydroxylation sites is 1. The van der Waals surface area contributed by atoms with Crippen LogP contribution in [0.3, 0.4) is 0 Å². The molecule has 25 heavy (non-hydrogen) atoms. The zero-order valence-corrected chi connectivity index (χ0v) is 15.1. The summed E-state index contributed by atoms with van der Waals surface area (Å²) in [5.41, 5.74) is 1.86. The third-order valence-corrected chi connectivity index (χ3v) is 5.28. The Labute approximate surface area is 151 Å². The second-order valence-corrected chi connectivity index (χ2v) is 7.12. The molecule has 1 atom stereocenters. The predicted molar refractivity (Wildman–Crippen MR) is 100 cm³/mol. The van der Waals surface area contributed by atoms with E-state index in [-0.39, 0.29) is 24.2 Å². The maximum Gasteiger partial charge on any atom is 0.224 e. The van der Waals surface area contributed by atoms with Crippen molar-refractivity contribution in [2.45, 2.75) is 42.7 Å². The number of benzene rings is 2. The average molecular weight is 356 g/mol. The third-order valence-electron chi connectivity index (χ3n) is 4.18. The Bertz CT molecular complexity index is 890. The molecule has 0 fully saturated rings. The van der Waals surface area contributed by atoms with Crippen LogP contribution in [0.1, 0.15) is 25.8 Å². The fourth-order valence-corrected chi connectivity index (χ4v) is 3.66. The molecule has 0 bridgehead atoms. The lowest BCUT2D eigenvalue weighted by atomic mass is 10.1. The van der Waals surface area contributed by atoms with E-state index >= 15 is 0 Å². The van der Waals surface area contributed by atoms with Gasteiger partial charge in [-0.25, -0.2) is 4.39 Å². The first-order valence-corrected chi connectivity index (χ1v) is 9.21. The molecule has 5 heteroatoms. The van der Waals surface area contributed by atoms with Gasteiger partial charge in [0.2, 0.25) is 5.91 Å². The Morgan fingerprint density at radius 1 is 1.20 bits per heavy atom. The lowest BCUT2D eigenvalue weighted by molar-refractivity contribution is -0.121. The van der Waals surface area contributed by atoms with Crippen LogP contribution in [0.2, 0.25) is 0 Å². The number of rotatable bonds is 6. The maximum absolute atomic E-state index is 14.0. The fourth-order valence-electron chi connectivity index (χ4n) is 2.66. The molecule has 0 radical (unpaired) electrons. The van der Waals surface area contributed by atoms with Crippen molar-refractivity contribution in [3.05, 3.63) is 59.9 Å². The number of nitrogens with one attached hydrogen (secondary N) is 2. The van der Waals surface area contributed by atoms with E-state index in [9.17, 15) is 9.18 Å². The Hall–Kier alpha value is -2.27. The lowest BCUT2D eigenvalue weighted by Gasteiger charge is -2.12. The molecule has 0 aliphatic heterocycles. The molecule has 3 rings (SSSR count). The summed E-state index contributed by atoms with van der Waals surface area (Å²) in [6.07, 6.45) is 1.15. The molecule has 0 saturated heterocycles. The summed E-state index contributed by atoms with van der Waals surface area (Å²) in [4.78, 5) is 16.3. The molecule has 1 amide bonds. The summed E-state index contributed by atoms with van der Waals surface area (Å²) in [6.45, 7) is 4.03. The number of hydrogen-bond acceptors (Lipinski definition) is 2. The van der Waals surface area contributed by atoms with Gasteiger partial charge in [0.1, 0.15) is 5.82 Å². The van der Waals surface area contributed by atoms with Crippen LogP contribution in [0.4, 0.5) is 4.39 Å². The van der Waals surface area contributed by atoms with E-state index in [1.807, 2.05) is 44.2 Å². The van der Waals surface area contributed by atoms with E-state index in [4.69, 9.17) is 0 Å². The van der Waals surface area contributed by atoms with E-state index in [2.05, 4.69) is 10.3 Å². The average Bonchev–Trinajstić information content (AvgIpc) is 2.94. The molecule has 3 aromatic rings. The molecule has 0 spiro atoms. The summed E-state index contributed by atoms with van der Waals surface area (Å²) in [5.74, 6) is -0.282. The minimum absolute atomic E-state index is 0.0190. The Morgan fingerprint density at radius 2 is 1.92 bits per heavy atom. The van der Waals surface area contributed by atoms with Crippen LogP contribution in [0, 0.1) is 5.82 Å². The van der Waals surface area contributed by atoms with Crippen LogP contribution in [0.15, 0.2) is 58.5 Å². The fraction of sp³-hybridized carbons (Fsp3) is 0.250. The highest BCUT2D eigenvalue weighted by molar-refractivity contribution is 7.99. The lowest BCUT2D eigenvalue weighted by Crippen LogP contribution is -2.33. The SMILES string of the molecule is CC[C@@H](C)NC(=O)Cc1c(Sc2ccccc2F)[nH]c2ccccc12. The van der Waals surface area contributed by atoms with Crippen molar-refractivity contribution >= 4 is 28.6 Å². The number of aromatic nitrogens is 1. The predicted octanol–water partition coefficient (Wildman–Crippen LogP) is 4.92. The number of fused-ring (bicyclic) bond motifs is 1. The molecular formula is C20H21FN2OS. The van der Waals surface area contributed by atoms with Crippen LogP contribution in [-0.4, -0.2) is 16.9 Å². The molecule has 0 aliphatic rings. The summed E-state index contributed by atoms with van der Waals surface area (Å²) in [6, 6.07) is 14.7. The van der Waals surface area contributed by atoms with Crippen molar-refractivity contribution in [1.82, 2.24) is 10.3 Å². The molecule has 2 N–H and O–H groups in total. The number of hydrogen-bond donors (Lipinski definition) is 2. The smallest absolute Gasteiger partial charge is 0.224 e. The highest BCUT2D eigenvalue weighted by atomic mass is 32.2. The summed E-state index contributed by atoms with van der Waals surface area (Å²) >= 11 is 1.32. The molecule has 0 aliphatic carbocycles. The zero-order valence-electron chi connectivity index (χ0n) is 14.3. The number of H-pyrrole nitrogens is 1. The van der Waals surface area contributed by atoms with Gasteiger partial charge in [0.05, 0.1) is 11.4 Å². The quantitative estimate of drug-likeness (QED) is 0.659. The standard InChI is InChI=1S/C20H21FN2OS/c1-3-13(2)22-19(24)12-15-14-8-4-6-10-17(14)23-20(15)25-18-11-7-5-9-16(18)21/h4-11,13,23H,3,12H2,1-2H3,(H,22,24)/t13-/m1/s1. The Kier molecular flexibility index (Phi) is 5.43. The molecular weight excluding hydrogens is 335 g/mol. The van der Waals surface area contributed by atoms with E-state index in [1.165, 1.54) is 17.8 Å². The monoisotopic (exact) mass is 356 g/mol. The minimum atomic E-state index is -0.263. The Morgan fingerprint density at radius 3 is 2.68 bits per heavy atom. The normalized spacial score (nSPS) is 12.3.